The third kappa shape index (κ3) is 4.45. The summed E-state index contributed by atoms with van der Waals surface area (Å²) in [6.45, 7) is 3.84. The second-order valence-electron chi connectivity index (χ2n) is 3.57. The van der Waals surface area contributed by atoms with Gasteiger partial charge in [0.15, 0.2) is 0 Å². The van der Waals surface area contributed by atoms with Crippen LogP contribution in [0, 0.1) is 0 Å². The van der Waals surface area contributed by atoms with Gasteiger partial charge >= 0.3 is 0 Å². The molecule has 0 aliphatic carbocycles. The molecular formula is C11H17N5. The van der Waals surface area contributed by atoms with E-state index in [2.05, 4.69) is 15.3 Å². The van der Waals surface area contributed by atoms with Crippen LogP contribution in [0.15, 0.2) is 40.3 Å². The molecule has 5 heteroatoms. The summed E-state index contributed by atoms with van der Waals surface area (Å²) in [6.07, 6.45) is 0. The van der Waals surface area contributed by atoms with Crippen LogP contribution in [0.5, 0.6) is 0 Å². The first-order valence-electron chi connectivity index (χ1n) is 5.07. The molecule has 0 heterocycles. The largest absolute Gasteiger partial charge is 0.369 e. The van der Waals surface area contributed by atoms with Gasteiger partial charge in [-0.25, -0.2) is 4.99 Å². The molecule has 0 saturated heterocycles. The van der Waals surface area contributed by atoms with Crippen LogP contribution in [0.4, 0.5) is 5.69 Å². The number of nitrogens with zero attached hydrogens (tertiary/aromatic N) is 2. The van der Waals surface area contributed by atoms with Crippen molar-refractivity contribution in [3.63, 3.8) is 0 Å². The number of benzene rings is 1. The summed E-state index contributed by atoms with van der Waals surface area (Å²) in [5.41, 5.74) is 12.1. The highest BCUT2D eigenvalue weighted by atomic mass is 15.2. The molecule has 0 aromatic heterocycles. The van der Waals surface area contributed by atoms with Crippen molar-refractivity contribution in [2.75, 3.05) is 5.32 Å². The van der Waals surface area contributed by atoms with Gasteiger partial charge in [-0.1, -0.05) is 18.2 Å². The van der Waals surface area contributed by atoms with Gasteiger partial charge in [0.1, 0.15) is 0 Å². The zero-order valence-electron chi connectivity index (χ0n) is 9.51. The van der Waals surface area contributed by atoms with Crippen molar-refractivity contribution in [1.82, 2.24) is 0 Å². The van der Waals surface area contributed by atoms with Gasteiger partial charge in [0.2, 0.25) is 11.9 Å². The number of aliphatic imine (C=N–C) groups is 2. The normalized spacial score (nSPS) is 12.9. The van der Waals surface area contributed by atoms with Crippen molar-refractivity contribution >= 4 is 17.6 Å². The summed E-state index contributed by atoms with van der Waals surface area (Å²) in [6, 6.07) is 9.61. The summed E-state index contributed by atoms with van der Waals surface area (Å²) in [4.78, 5) is 7.97. The molecule has 1 aromatic rings. The van der Waals surface area contributed by atoms with Gasteiger partial charge in [-0.15, -0.1) is 0 Å². The zero-order chi connectivity index (χ0) is 12.0. The lowest BCUT2D eigenvalue weighted by Crippen LogP contribution is -2.26. The standard InChI is InChI=1S/C11H17N5/c1-8(2)14-10(12)16-11(13)15-9-6-4-3-5-7-9/h3-8H,1-2H3,(H5,12,13,14,15,16). The second kappa shape index (κ2) is 5.75. The average molecular weight is 219 g/mol. The second-order valence-corrected chi connectivity index (χ2v) is 3.57. The molecule has 0 amide bonds. The lowest BCUT2D eigenvalue weighted by Gasteiger charge is -2.04. The predicted octanol–water partition coefficient (Wildman–Crippen LogP) is 1.14. The van der Waals surface area contributed by atoms with E-state index < -0.39 is 0 Å². The highest BCUT2D eigenvalue weighted by Crippen LogP contribution is 2.03. The van der Waals surface area contributed by atoms with Gasteiger partial charge in [0.25, 0.3) is 0 Å². The molecule has 0 saturated carbocycles. The maximum Gasteiger partial charge on any atom is 0.218 e. The summed E-state index contributed by atoms with van der Waals surface area (Å²) in [7, 11) is 0. The fourth-order valence-corrected chi connectivity index (χ4v) is 1.11. The van der Waals surface area contributed by atoms with Crippen LogP contribution in [0.25, 0.3) is 0 Å². The molecule has 1 rings (SSSR count). The molecule has 86 valence electrons. The van der Waals surface area contributed by atoms with E-state index in [1.54, 1.807) is 0 Å². The first-order valence-corrected chi connectivity index (χ1v) is 5.07. The van der Waals surface area contributed by atoms with Gasteiger partial charge in [-0.05, 0) is 26.0 Å². The van der Waals surface area contributed by atoms with Crippen molar-refractivity contribution in [3.8, 4) is 0 Å². The molecule has 16 heavy (non-hydrogen) atoms. The van der Waals surface area contributed by atoms with E-state index in [0.29, 0.717) is 0 Å². The van der Waals surface area contributed by atoms with Gasteiger partial charge in [0.05, 0.1) is 0 Å². The van der Waals surface area contributed by atoms with Crippen LogP contribution in [0.2, 0.25) is 0 Å². The topological polar surface area (TPSA) is 88.8 Å². The Hall–Kier alpha value is -2.04. The van der Waals surface area contributed by atoms with E-state index in [9.17, 15) is 0 Å². The van der Waals surface area contributed by atoms with Crippen molar-refractivity contribution in [3.05, 3.63) is 30.3 Å². The Morgan fingerprint density at radius 2 is 1.81 bits per heavy atom. The minimum absolute atomic E-state index is 0.105. The molecule has 0 fully saturated rings. The number of hydrogen-bond acceptors (Lipinski definition) is 1. The molecule has 5 N–H and O–H groups in total. The predicted molar refractivity (Wildman–Crippen MR) is 68.4 cm³/mol. The Morgan fingerprint density at radius 1 is 1.19 bits per heavy atom. The smallest absolute Gasteiger partial charge is 0.218 e. The molecule has 0 radical (unpaired) electrons. The Morgan fingerprint density at radius 3 is 2.38 bits per heavy atom. The minimum Gasteiger partial charge on any atom is -0.369 e. The lowest BCUT2D eigenvalue weighted by molar-refractivity contribution is 0.831. The van der Waals surface area contributed by atoms with E-state index in [1.807, 2.05) is 44.2 Å². The Balaban J connectivity index is 2.65. The molecule has 0 unspecified atom stereocenters. The van der Waals surface area contributed by atoms with Crippen molar-refractivity contribution in [2.24, 2.45) is 21.5 Å². The quantitative estimate of drug-likeness (QED) is 0.514. The highest BCUT2D eigenvalue weighted by molar-refractivity contribution is 6.00. The van der Waals surface area contributed by atoms with Gasteiger partial charge < -0.3 is 16.8 Å². The van der Waals surface area contributed by atoms with E-state index in [-0.39, 0.29) is 18.0 Å². The van der Waals surface area contributed by atoms with E-state index in [1.165, 1.54) is 0 Å². The van der Waals surface area contributed by atoms with Crippen molar-refractivity contribution < 1.29 is 0 Å². The van der Waals surface area contributed by atoms with Crippen LogP contribution >= 0.6 is 0 Å². The number of rotatable bonds is 2. The number of hydrogen-bond donors (Lipinski definition) is 3. The van der Waals surface area contributed by atoms with Crippen molar-refractivity contribution in [2.45, 2.75) is 19.9 Å². The number of anilines is 1. The molecule has 0 atom stereocenters. The van der Waals surface area contributed by atoms with Crippen LogP contribution in [-0.2, 0) is 0 Å². The molecule has 0 bridgehead atoms. The van der Waals surface area contributed by atoms with Crippen LogP contribution in [0.1, 0.15) is 13.8 Å². The summed E-state index contributed by atoms with van der Waals surface area (Å²) >= 11 is 0. The third-order valence-corrected chi connectivity index (χ3v) is 1.67. The number of nitrogens with two attached hydrogens (primary N) is 2. The highest BCUT2D eigenvalue weighted by Gasteiger charge is 1.96. The van der Waals surface area contributed by atoms with E-state index in [4.69, 9.17) is 11.5 Å². The van der Waals surface area contributed by atoms with Crippen LogP contribution in [0.3, 0.4) is 0 Å². The molecule has 0 aliphatic rings. The minimum atomic E-state index is 0.105. The first kappa shape index (κ1) is 12.0. The van der Waals surface area contributed by atoms with Gasteiger partial charge in [-0.3, -0.25) is 0 Å². The Bertz CT molecular complexity index is 381. The van der Waals surface area contributed by atoms with Gasteiger partial charge in [-0.2, -0.15) is 4.99 Å². The molecular weight excluding hydrogens is 202 g/mol. The first-order chi connectivity index (χ1) is 7.58. The van der Waals surface area contributed by atoms with E-state index in [0.717, 1.165) is 5.69 Å². The van der Waals surface area contributed by atoms with Gasteiger partial charge in [0, 0.05) is 11.7 Å². The fourth-order valence-electron chi connectivity index (χ4n) is 1.11. The monoisotopic (exact) mass is 219 g/mol. The van der Waals surface area contributed by atoms with Crippen LogP contribution < -0.4 is 16.8 Å². The summed E-state index contributed by atoms with van der Waals surface area (Å²) in [5, 5.41) is 2.91. The third-order valence-electron chi connectivity index (χ3n) is 1.67. The molecule has 0 aliphatic heterocycles. The van der Waals surface area contributed by atoms with Crippen LogP contribution in [-0.4, -0.2) is 18.0 Å². The Labute approximate surface area is 95.3 Å². The molecule has 5 nitrogen and oxygen atoms in total. The maximum absolute atomic E-state index is 5.66. The van der Waals surface area contributed by atoms with E-state index >= 15 is 0 Å². The molecule has 1 aromatic carbocycles. The average Bonchev–Trinajstić information content (AvgIpc) is 2.17. The summed E-state index contributed by atoms with van der Waals surface area (Å²) in [5.74, 6) is 0.407. The lowest BCUT2D eigenvalue weighted by atomic mass is 10.3. The number of nitrogens with one attached hydrogen (secondary N) is 1. The molecule has 0 spiro atoms. The SMILES string of the molecule is CC(C)N=C(N)/N=C(\N)Nc1ccccc1. The number of guanidine groups is 2. The number of para-hydroxylation sites is 1. The Kier molecular flexibility index (Phi) is 4.32. The maximum atomic E-state index is 5.66. The van der Waals surface area contributed by atoms with Crippen molar-refractivity contribution in [1.29, 1.82) is 0 Å². The summed E-state index contributed by atoms with van der Waals surface area (Å²) < 4.78 is 0. The zero-order valence-corrected chi connectivity index (χ0v) is 9.51. The fraction of sp³-hybridized carbons (Fsp3) is 0.273.